The fourth-order valence-electron chi connectivity index (χ4n) is 3.15. The highest BCUT2D eigenvalue weighted by atomic mass is 35.5. The number of carbonyl (C=O) groups excluding carboxylic acids is 1. The molecule has 0 radical (unpaired) electrons. The zero-order valence-electron chi connectivity index (χ0n) is 15.6. The molecular formula is C20H15ClF3N3O3. The van der Waals surface area contributed by atoms with Gasteiger partial charge in [-0.25, -0.2) is 4.68 Å². The fourth-order valence-corrected chi connectivity index (χ4v) is 3.27. The summed E-state index contributed by atoms with van der Waals surface area (Å²) in [6, 6.07) is 10.8. The SMILES string of the molecule is CN(Cc1ccc2c(c1)OCO2)C(=O)c1cnn(-c2ccc(Cl)cc2)c1C(F)(F)F. The van der Waals surface area contributed by atoms with E-state index in [4.69, 9.17) is 21.1 Å². The van der Waals surface area contributed by atoms with Crippen molar-refractivity contribution in [3.05, 3.63) is 70.5 Å². The van der Waals surface area contributed by atoms with E-state index in [0.29, 0.717) is 26.8 Å². The normalized spacial score (nSPS) is 12.8. The van der Waals surface area contributed by atoms with Gasteiger partial charge in [0.15, 0.2) is 17.2 Å². The van der Waals surface area contributed by atoms with Gasteiger partial charge in [-0.2, -0.15) is 18.3 Å². The van der Waals surface area contributed by atoms with Crippen molar-refractivity contribution >= 4 is 17.5 Å². The number of carbonyl (C=O) groups is 1. The minimum absolute atomic E-state index is 0.0822. The fraction of sp³-hybridized carbons (Fsp3) is 0.200. The highest BCUT2D eigenvalue weighted by Crippen LogP contribution is 2.35. The molecular weight excluding hydrogens is 423 g/mol. The maximum Gasteiger partial charge on any atom is 0.434 e. The van der Waals surface area contributed by atoms with E-state index in [9.17, 15) is 18.0 Å². The molecule has 2 heterocycles. The molecule has 2 aromatic carbocycles. The first-order valence-electron chi connectivity index (χ1n) is 8.79. The van der Waals surface area contributed by atoms with Crippen LogP contribution in [0.5, 0.6) is 11.5 Å². The molecule has 0 saturated carbocycles. The number of hydrogen-bond acceptors (Lipinski definition) is 4. The zero-order chi connectivity index (χ0) is 21.5. The number of alkyl halides is 3. The summed E-state index contributed by atoms with van der Waals surface area (Å²) < 4.78 is 52.7. The van der Waals surface area contributed by atoms with Crippen molar-refractivity contribution in [3.8, 4) is 17.2 Å². The number of aromatic nitrogens is 2. The number of benzene rings is 2. The quantitative estimate of drug-likeness (QED) is 0.601. The van der Waals surface area contributed by atoms with Crippen molar-refractivity contribution in [1.29, 1.82) is 0 Å². The van der Waals surface area contributed by atoms with Crippen LogP contribution in [0.1, 0.15) is 21.6 Å². The molecule has 0 bridgehead atoms. The number of hydrogen-bond donors (Lipinski definition) is 0. The second-order valence-electron chi connectivity index (χ2n) is 6.64. The van der Waals surface area contributed by atoms with Crippen molar-refractivity contribution in [3.63, 3.8) is 0 Å². The molecule has 4 rings (SSSR count). The average Bonchev–Trinajstić information content (AvgIpc) is 3.34. The summed E-state index contributed by atoms with van der Waals surface area (Å²) in [6.45, 7) is 0.186. The molecule has 0 aliphatic carbocycles. The summed E-state index contributed by atoms with van der Waals surface area (Å²) in [5.74, 6) is 0.302. The van der Waals surface area contributed by atoms with Gasteiger partial charge in [-0.1, -0.05) is 17.7 Å². The molecule has 0 N–H and O–H groups in total. The Balaban J connectivity index is 1.64. The topological polar surface area (TPSA) is 56.6 Å². The van der Waals surface area contributed by atoms with Crippen LogP contribution in [0.2, 0.25) is 5.02 Å². The van der Waals surface area contributed by atoms with Gasteiger partial charge in [-0.15, -0.1) is 0 Å². The minimum Gasteiger partial charge on any atom is -0.454 e. The molecule has 3 aromatic rings. The van der Waals surface area contributed by atoms with Crippen LogP contribution < -0.4 is 9.47 Å². The van der Waals surface area contributed by atoms with Crippen molar-refractivity contribution in [2.75, 3.05) is 13.8 Å². The maximum atomic E-state index is 13.8. The molecule has 1 aliphatic heterocycles. The molecule has 0 spiro atoms. The zero-order valence-corrected chi connectivity index (χ0v) is 16.4. The first-order valence-corrected chi connectivity index (χ1v) is 9.17. The van der Waals surface area contributed by atoms with E-state index in [-0.39, 0.29) is 19.0 Å². The third-order valence-corrected chi connectivity index (χ3v) is 4.79. The average molecular weight is 438 g/mol. The van der Waals surface area contributed by atoms with Crippen LogP contribution in [-0.2, 0) is 12.7 Å². The first kappa shape index (κ1) is 20.1. The Kier molecular flexibility index (Phi) is 5.07. The Bertz CT molecular complexity index is 1100. The lowest BCUT2D eigenvalue weighted by Crippen LogP contribution is -2.28. The van der Waals surface area contributed by atoms with Gasteiger partial charge in [0.25, 0.3) is 5.91 Å². The molecule has 30 heavy (non-hydrogen) atoms. The van der Waals surface area contributed by atoms with Crippen LogP contribution in [0.15, 0.2) is 48.7 Å². The van der Waals surface area contributed by atoms with Gasteiger partial charge < -0.3 is 14.4 Å². The Hall–Kier alpha value is -3.20. The highest BCUT2D eigenvalue weighted by Gasteiger charge is 2.41. The lowest BCUT2D eigenvalue weighted by Gasteiger charge is -2.19. The van der Waals surface area contributed by atoms with Crippen molar-refractivity contribution in [2.45, 2.75) is 12.7 Å². The van der Waals surface area contributed by atoms with Gasteiger partial charge in [0, 0.05) is 18.6 Å². The Labute approximate surface area is 174 Å². The van der Waals surface area contributed by atoms with E-state index in [0.717, 1.165) is 6.20 Å². The number of halogens is 4. The predicted octanol–water partition coefficient (Wildman–Crippen LogP) is 4.55. The summed E-state index contributed by atoms with van der Waals surface area (Å²) in [6.07, 6.45) is -3.86. The summed E-state index contributed by atoms with van der Waals surface area (Å²) >= 11 is 5.81. The number of rotatable bonds is 4. The van der Waals surface area contributed by atoms with Crippen molar-refractivity contribution < 1.29 is 27.4 Å². The van der Waals surface area contributed by atoms with Crippen LogP contribution in [0, 0.1) is 0 Å². The Morgan fingerprint density at radius 3 is 2.57 bits per heavy atom. The molecule has 0 saturated heterocycles. The molecule has 0 unspecified atom stereocenters. The van der Waals surface area contributed by atoms with Crippen LogP contribution in [-0.4, -0.2) is 34.4 Å². The number of amides is 1. The molecule has 1 amide bonds. The molecule has 1 aliphatic rings. The largest absolute Gasteiger partial charge is 0.454 e. The van der Waals surface area contributed by atoms with Crippen LogP contribution in [0.3, 0.4) is 0 Å². The van der Waals surface area contributed by atoms with Crippen LogP contribution in [0.4, 0.5) is 13.2 Å². The smallest absolute Gasteiger partial charge is 0.434 e. The third-order valence-electron chi connectivity index (χ3n) is 4.54. The molecule has 1 aromatic heterocycles. The number of nitrogens with zero attached hydrogens (tertiary/aromatic N) is 3. The standard InChI is InChI=1S/C20H15ClF3N3O3/c1-26(10-12-2-7-16-17(8-12)30-11-29-16)19(28)15-9-25-27(18(15)20(22,23)24)14-5-3-13(21)4-6-14/h2-9H,10-11H2,1H3. The van der Waals surface area contributed by atoms with Gasteiger partial charge in [-0.3, -0.25) is 4.79 Å². The van der Waals surface area contributed by atoms with E-state index in [2.05, 4.69) is 5.10 Å². The Morgan fingerprint density at radius 2 is 1.87 bits per heavy atom. The molecule has 10 heteroatoms. The van der Waals surface area contributed by atoms with E-state index in [1.807, 2.05) is 0 Å². The summed E-state index contributed by atoms with van der Waals surface area (Å²) in [5, 5.41) is 4.18. The van der Waals surface area contributed by atoms with E-state index < -0.39 is 23.3 Å². The van der Waals surface area contributed by atoms with Crippen LogP contribution in [0.25, 0.3) is 5.69 Å². The van der Waals surface area contributed by atoms with Gasteiger partial charge >= 0.3 is 6.18 Å². The minimum atomic E-state index is -4.79. The molecule has 6 nitrogen and oxygen atoms in total. The van der Waals surface area contributed by atoms with Crippen molar-refractivity contribution in [2.24, 2.45) is 0 Å². The summed E-state index contributed by atoms with van der Waals surface area (Å²) in [7, 11) is 1.42. The van der Waals surface area contributed by atoms with Gasteiger partial charge in [0.05, 0.1) is 17.4 Å². The monoisotopic (exact) mass is 437 g/mol. The summed E-state index contributed by atoms with van der Waals surface area (Å²) in [5.41, 5.74) is -0.856. The van der Waals surface area contributed by atoms with Gasteiger partial charge in [0.2, 0.25) is 6.79 Å². The lowest BCUT2D eigenvalue weighted by atomic mass is 10.1. The Morgan fingerprint density at radius 1 is 1.17 bits per heavy atom. The van der Waals surface area contributed by atoms with E-state index in [1.54, 1.807) is 18.2 Å². The second kappa shape index (κ2) is 7.56. The first-order chi connectivity index (χ1) is 14.2. The predicted molar refractivity (Wildman–Crippen MR) is 102 cm³/mol. The van der Waals surface area contributed by atoms with Crippen molar-refractivity contribution in [1.82, 2.24) is 14.7 Å². The maximum absolute atomic E-state index is 13.8. The second-order valence-corrected chi connectivity index (χ2v) is 7.08. The lowest BCUT2D eigenvalue weighted by molar-refractivity contribution is -0.143. The molecule has 0 fully saturated rings. The molecule has 0 atom stereocenters. The third kappa shape index (κ3) is 3.80. The van der Waals surface area contributed by atoms with E-state index in [1.165, 1.54) is 36.2 Å². The van der Waals surface area contributed by atoms with Gasteiger partial charge in [-0.05, 0) is 42.0 Å². The van der Waals surface area contributed by atoms with Gasteiger partial charge in [0.1, 0.15) is 0 Å². The molecule has 156 valence electrons. The summed E-state index contributed by atoms with van der Waals surface area (Å²) in [4.78, 5) is 14.0. The number of ether oxygens (including phenoxy) is 2. The van der Waals surface area contributed by atoms with Crippen LogP contribution >= 0.6 is 11.6 Å². The van der Waals surface area contributed by atoms with E-state index >= 15 is 0 Å². The highest BCUT2D eigenvalue weighted by molar-refractivity contribution is 6.30. The number of fused-ring (bicyclic) bond motifs is 1.